The first-order valence-electron chi connectivity index (χ1n) is 4.64. The number of ketones is 1. The Balaban J connectivity index is 2.68. The molecule has 0 amide bonds. The summed E-state index contributed by atoms with van der Waals surface area (Å²) in [7, 11) is 1.38. The lowest BCUT2D eigenvalue weighted by molar-refractivity contribution is -0.149. The molecule has 0 heterocycles. The van der Waals surface area contributed by atoms with Crippen molar-refractivity contribution >= 4 is 11.8 Å². The topological polar surface area (TPSA) is 43.4 Å². The van der Waals surface area contributed by atoms with E-state index < -0.39 is 5.41 Å². The number of carbonyl (C=O) groups excluding carboxylic acids is 2. The summed E-state index contributed by atoms with van der Waals surface area (Å²) in [4.78, 5) is 22.4. The molecule has 0 aromatic rings. The number of carbonyl (C=O) groups is 2. The molecule has 0 saturated heterocycles. The van der Waals surface area contributed by atoms with Gasteiger partial charge in [-0.15, -0.1) is 0 Å². The predicted octanol–water partition coefficient (Wildman–Crippen LogP) is 1.55. The molecule has 1 aliphatic rings. The van der Waals surface area contributed by atoms with Crippen LogP contribution in [0.25, 0.3) is 0 Å². The van der Waals surface area contributed by atoms with Crippen LogP contribution in [0.4, 0.5) is 0 Å². The molecular formula is C10H16O3. The Hall–Kier alpha value is -0.860. The molecule has 13 heavy (non-hydrogen) atoms. The second-order valence-electron chi connectivity index (χ2n) is 3.84. The van der Waals surface area contributed by atoms with Gasteiger partial charge in [0.25, 0.3) is 0 Å². The highest BCUT2D eigenvalue weighted by molar-refractivity contribution is 5.88. The van der Waals surface area contributed by atoms with Crippen molar-refractivity contribution in [1.82, 2.24) is 0 Å². The van der Waals surface area contributed by atoms with Gasteiger partial charge in [0, 0.05) is 6.42 Å². The van der Waals surface area contributed by atoms with Gasteiger partial charge in [-0.05, 0) is 19.3 Å². The van der Waals surface area contributed by atoms with E-state index in [1.54, 1.807) is 0 Å². The number of Topliss-reactive ketones (excluding diaryl/α,β-unsaturated/α-hetero) is 1. The number of rotatable bonds is 4. The van der Waals surface area contributed by atoms with Crippen LogP contribution in [0.5, 0.6) is 0 Å². The summed E-state index contributed by atoms with van der Waals surface area (Å²) in [5.41, 5.74) is -0.463. The molecule has 0 aromatic heterocycles. The van der Waals surface area contributed by atoms with Crippen LogP contribution >= 0.6 is 0 Å². The third kappa shape index (κ3) is 1.74. The molecule has 3 nitrogen and oxygen atoms in total. The minimum absolute atomic E-state index is 0.0707. The number of ether oxygens (including phenoxy) is 1. The third-order valence-corrected chi connectivity index (χ3v) is 2.88. The summed E-state index contributed by atoms with van der Waals surface area (Å²) in [6.07, 6.45) is 2.11. The van der Waals surface area contributed by atoms with Gasteiger partial charge in [0.05, 0.1) is 12.5 Å². The quantitative estimate of drug-likeness (QED) is 0.623. The first kappa shape index (κ1) is 10.2. The zero-order chi connectivity index (χ0) is 10.1. The smallest absolute Gasteiger partial charge is 0.312 e. The standard InChI is InChI=1S/C10H16O3/c1-4-8-6-10(8,5-7(2)11)9(12)13-3/h8H,4-6H2,1-3H3/t8-,10+/m0/s1. The molecule has 1 rings (SSSR count). The molecule has 1 saturated carbocycles. The Morgan fingerprint density at radius 3 is 2.46 bits per heavy atom. The predicted molar refractivity (Wildman–Crippen MR) is 48.1 cm³/mol. The second-order valence-corrected chi connectivity index (χ2v) is 3.84. The lowest BCUT2D eigenvalue weighted by Gasteiger charge is -2.11. The highest BCUT2D eigenvalue weighted by Gasteiger charge is 2.60. The normalized spacial score (nSPS) is 31.2. The van der Waals surface area contributed by atoms with Crippen LogP contribution in [-0.4, -0.2) is 18.9 Å². The fourth-order valence-electron chi connectivity index (χ4n) is 2.10. The maximum Gasteiger partial charge on any atom is 0.312 e. The molecule has 0 radical (unpaired) electrons. The van der Waals surface area contributed by atoms with Crippen molar-refractivity contribution in [3.05, 3.63) is 0 Å². The molecule has 0 aromatic carbocycles. The molecule has 2 atom stereocenters. The fourth-order valence-corrected chi connectivity index (χ4v) is 2.10. The van der Waals surface area contributed by atoms with Crippen LogP contribution in [-0.2, 0) is 14.3 Å². The second kappa shape index (κ2) is 3.48. The average Bonchev–Trinajstić information content (AvgIpc) is 2.77. The zero-order valence-electron chi connectivity index (χ0n) is 8.42. The van der Waals surface area contributed by atoms with E-state index in [1.807, 2.05) is 6.92 Å². The molecule has 0 N–H and O–H groups in total. The highest BCUT2D eigenvalue weighted by Crippen LogP contribution is 2.57. The van der Waals surface area contributed by atoms with Gasteiger partial charge in [-0.25, -0.2) is 0 Å². The van der Waals surface area contributed by atoms with Crippen LogP contribution in [0.15, 0.2) is 0 Å². The number of hydrogen-bond donors (Lipinski definition) is 0. The maximum absolute atomic E-state index is 11.4. The fraction of sp³-hybridized carbons (Fsp3) is 0.800. The van der Waals surface area contributed by atoms with Crippen molar-refractivity contribution in [2.45, 2.75) is 33.1 Å². The van der Waals surface area contributed by atoms with Crippen molar-refractivity contribution in [1.29, 1.82) is 0 Å². The Morgan fingerprint density at radius 1 is 1.54 bits per heavy atom. The van der Waals surface area contributed by atoms with Gasteiger partial charge in [-0.2, -0.15) is 0 Å². The first-order valence-corrected chi connectivity index (χ1v) is 4.64. The number of esters is 1. The lowest BCUT2D eigenvalue weighted by atomic mass is 9.96. The summed E-state index contributed by atoms with van der Waals surface area (Å²) < 4.78 is 4.72. The van der Waals surface area contributed by atoms with Crippen molar-refractivity contribution in [2.24, 2.45) is 11.3 Å². The molecule has 0 spiro atoms. The molecule has 0 aliphatic heterocycles. The largest absolute Gasteiger partial charge is 0.469 e. The van der Waals surface area contributed by atoms with E-state index in [1.165, 1.54) is 14.0 Å². The molecule has 0 bridgehead atoms. The SMILES string of the molecule is CC[C@H]1C[C@@]1(CC(C)=O)C(=O)OC. The van der Waals surface area contributed by atoms with Crippen LogP contribution < -0.4 is 0 Å². The monoisotopic (exact) mass is 184 g/mol. The van der Waals surface area contributed by atoms with Crippen molar-refractivity contribution in [2.75, 3.05) is 7.11 Å². The van der Waals surface area contributed by atoms with Gasteiger partial charge in [-0.3, -0.25) is 9.59 Å². The van der Waals surface area contributed by atoms with E-state index in [9.17, 15) is 9.59 Å². The highest BCUT2D eigenvalue weighted by atomic mass is 16.5. The summed E-state index contributed by atoms with van der Waals surface area (Å²) in [6.45, 7) is 3.56. The van der Waals surface area contributed by atoms with E-state index in [2.05, 4.69) is 0 Å². The van der Waals surface area contributed by atoms with E-state index in [4.69, 9.17) is 4.74 Å². The maximum atomic E-state index is 11.4. The van der Waals surface area contributed by atoms with E-state index in [0.717, 1.165) is 12.8 Å². The average molecular weight is 184 g/mol. The Labute approximate surface area is 78.5 Å². The van der Waals surface area contributed by atoms with Crippen LogP contribution in [0.1, 0.15) is 33.1 Å². The minimum atomic E-state index is -0.463. The van der Waals surface area contributed by atoms with E-state index >= 15 is 0 Å². The molecular weight excluding hydrogens is 168 g/mol. The van der Waals surface area contributed by atoms with Crippen LogP contribution in [0.2, 0.25) is 0 Å². The Bertz CT molecular complexity index is 234. The molecule has 0 unspecified atom stereocenters. The molecule has 1 aliphatic carbocycles. The minimum Gasteiger partial charge on any atom is -0.469 e. The van der Waals surface area contributed by atoms with Gasteiger partial charge in [0.1, 0.15) is 5.78 Å². The van der Waals surface area contributed by atoms with Crippen molar-refractivity contribution < 1.29 is 14.3 Å². The summed E-state index contributed by atoms with van der Waals surface area (Å²) in [5.74, 6) is 0.208. The van der Waals surface area contributed by atoms with Crippen LogP contribution in [0.3, 0.4) is 0 Å². The Morgan fingerprint density at radius 2 is 2.15 bits per heavy atom. The van der Waals surface area contributed by atoms with Gasteiger partial charge >= 0.3 is 5.97 Å². The van der Waals surface area contributed by atoms with Gasteiger partial charge in [0.2, 0.25) is 0 Å². The van der Waals surface area contributed by atoms with Crippen molar-refractivity contribution in [3.63, 3.8) is 0 Å². The molecule has 74 valence electrons. The van der Waals surface area contributed by atoms with Crippen LogP contribution in [0, 0.1) is 11.3 Å². The van der Waals surface area contributed by atoms with E-state index in [0.29, 0.717) is 12.3 Å². The Kier molecular flexibility index (Phi) is 2.74. The van der Waals surface area contributed by atoms with Gasteiger partial charge in [-0.1, -0.05) is 13.3 Å². The summed E-state index contributed by atoms with van der Waals surface area (Å²) in [5, 5.41) is 0. The van der Waals surface area contributed by atoms with E-state index in [-0.39, 0.29) is 11.8 Å². The summed E-state index contributed by atoms with van der Waals surface area (Å²) >= 11 is 0. The lowest BCUT2D eigenvalue weighted by Crippen LogP contribution is -2.22. The number of methoxy groups -OCH3 is 1. The summed E-state index contributed by atoms with van der Waals surface area (Å²) in [6, 6.07) is 0. The zero-order valence-corrected chi connectivity index (χ0v) is 8.42. The van der Waals surface area contributed by atoms with Gasteiger partial charge in [0.15, 0.2) is 0 Å². The van der Waals surface area contributed by atoms with Gasteiger partial charge < -0.3 is 4.74 Å². The molecule has 1 fully saturated rings. The molecule has 3 heteroatoms. The third-order valence-electron chi connectivity index (χ3n) is 2.88. The number of hydrogen-bond acceptors (Lipinski definition) is 3. The first-order chi connectivity index (χ1) is 6.06. The van der Waals surface area contributed by atoms with Crippen molar-refractivity contribution in [3.8, 4) is 0 Å².